The predicted molar refractivity (Wildman–Crippen MR) is 92.9 cm³/mol. The van der Waals surface area contributed by atoms with Crippen molar-refractivity contribution in [1.29, 1.82) is 0 Å². The SMILES string of the molecule is CC(C)CNC(=O)CN1C(=O)N[C@@](C)(c2ccc3c(c2)OCCO3)C1=O. The molecule has 3 rings (SSSR count). The average molecular weight is 361 g/mol. The fraction of sp³-hybridized carbons (Fsp3) is 0.500. The van der Waals surface area contributed by atoms with Crippen molar-refractivity contribution in [1.82, 2.24) is 15.5 Å². The van der Waals surface area contributed by atoms with Crippen LogP contribution in [0.15, 0.2) is 18.2 Å². The number of benzene rings is 1. The number of nitrogens with one attached hydrogen (secondary N) is 2. The highest BCUT2D eigenvalue weighted by atomic mass is 16.6. The highest BCUT2D eigenvalue weighted by Gasteiger charge is 2.49. The molecule has 0 spiro atoms. The molecule has 140 valence electrons. The number of fused-ring (bicyclic) bond motifs is 1. The second-order valence-electron chi connectivity index (χ2n) is 7.00. The van der Waals surface area contributed by atoms with Crippen LogP contribution in [0.2, 0.25) is 0 Å². The smallest absolute Gasteiger partial charge is 0.325 e. The van der Waals surface area contributed by atoms with Crippen molar-refractivity contribution in [3.05, 3.63) is 23.8 Å². The lowest BCUT2D eigenvalue weighted by molar-refractivity contribution is -0.134. The van der Waals surface area contributed by atoms with E-state index in [-0.39, 0.29) is 18.4 Å². The molecule has 26 heavy (non-hydrogen) atoms. The van der Waals surface area contributed by atoms with Gasteiger partial charge < -0.3 is 20.1 Å². The van der Waals surface area contributed by atoms with Crippen LogP contribution in [0.3, 0.4) is 0 Å². The summed E-state index contributed by atoms with van der Waals surface area (Å²) < 4.78 is 11.0. The number of amides is 4. The zero-order valence-corrected chi connectivity index (χ0v) is 15.1. The standard InChI is InChI=1S/C18H23N3O5/c1-11(2)9-19-15(22)10-21-16(23)18(3,20-17(21)24)12-4-5-13-14(8-12)26-7-6-25-13/h4-5,8,11H,6-7,9-10H2,1-3H3,(H,19,22)(H,20,24)/t18-/m0/s1. The number of carbonyl (C=O) groups excluding carboxylic acids is 3. The van der Waals surface area contributed by atoms with Crippen LogP contribution in [0, 0.1) is 5.92 Å². The Morgan fingerprint density at radius 2 is 1.96 bits per heavy atom. The van der Waals surface area contributed by atoms with Gasteiger partial charge in [-0.15, -0.1) is 0 Å². The fourth-order valence-electron chi connectivity index (χ4n) is 2.91. The molecule has 2 heterocycles. The average Bonchev–Trinajstić information content (AvgIpc) is 2.83. The van der Waals surface area contributed by atoms with Crippen LogP contribution in [0.1, 0.15) is 26.3 Å². The Morgan fingerprint density at radius 1 is 1.27 bits per heavy atom. The molecule has 1 aromatic rings. The first-order valence-corrected chi connectivity index (χ1v) is 8.62. The third kappa shape index (κ3) is 3.31. The Labute approximate surface area is 151 Å². The molecule has 0 aliphatic carbocycles. The zero-order chi connectivity index (χ0) is 18.9. The van der Waals surface area contributed by atoms with Gasteiger partial charge in [-0.1, -0.05) is 19.9 Å². The summed E-state index contributed by atoms with van der Waals surface area (Å²) in [6, 6.07) is 4.53. The van der Waals surface area contributed by atoms with Crippen molar-refractivity contribution in [3.63, 3.8) is 0 Å². The Bertz CT molecular complexity index is 748. The second kappa shape index (κ2) is 6.86. The first-order valence-electron chi connectivity index (χ1n) is 8.62. The maximum absolute atomic E-state index is 12.9. The molecule has 1 saturated heterocycles. The van der Waals surface area contributed by atoms with E-state index in [1.54, 1.807) is 25.1 Å². The monoisotopic (exact) mass is 361 g/mol. The van der Waals surface area contributed by atoms with Gasteiger partial charge in [0.25, 0.3) is 5.91 Å². The van der Waals surface area contributed by atoms with Gasteiger partial charge in [-0.2, -0.15) is 0 Å². The van der Waals surface area contributed by atoms with E-state index >= 15 is 0 Å². The van der Waals surface area contributed by atoms with Crippen LogP contribution >= 0.6 is 0 Å². The van der Waals surface area contributed by atoms with E-state index in [4.69, 9.17) is 9.47 Å². The van der Waals surface area contributed by atoms with Crippen LogP contribution in [0.4, 0.5) is 4.79 Å². The summed E-state index contributed by atoms with van der Waals surface area (Å²) in [7, 11) is 0. The van der Waals surface area contributed by atoms with Gasteiger partial charge in [-0.25, -0.2) is 4.79 Å². The van der Waals surface area contributed by atoms with Gasteiger partial charge in [0.1, 0.15) is 25.3 Å². The maximum atomic E-state index is 12.9. The van der Waals surface area contributed by atoms with Gasteiger partial charge in [0, 0.05) is 6.54 Å². The number of imide groups is 1. The quantitative estimate of drug-likeness (QED) is 0.763. The van der Waals surface area contributed by atoms with E-state index in [0.717, 1.165) is 4.90 Å². The molecule has 8 heteroatoms. The van der Waals surface area contributed by atoms with Crippen molar-refractivity contribution in [2.45, 2.75) is 26.3 Å². The highest BCUT2D eigenvalue weighted by Crippen LogP contribution is 2.36. The molecule has 1 aromatic carbocycles. The second-order valence-corrected chi connectivity index (χ2v) is 7.00. The van der Waals surface area contributed by atoms with Gasteiger partial charge in [-0.3, -0.25) is 14.5 Å². The highest BCUT2D eigenvalue weighted by molar-refractivity contribution is 6.09. The third-order valence-electron chi connectivity index (χ3n) is 4.40. The summed E-state index contributed by atoms with van der Waals surface area (Å²) in [6.07, 6.45) is 0. The van der Waals surface area contributed by atoms with E-state index in [2.05, 4.69) is 10.6 Å². The molecule has 0 aromatic heterocycles. The Kier molecular flexibility index (Phi) is 4.76. The van der Waals surface area contributed by atoms with Crippen LogP contribution in [-0.2, 0) is 15.1 Å². The maximum Gasteiger partial charge on any atom is 0.325 e. The van der Waals surface area contributed by atoms with Gasteiger partial charge in [0.05, 0.1) is 0 Å². The molecule has 1 fully saturated rings. The number of nitrogens with zero attached hydrogens (tertiary/aromatic N) is 1. The number of ether oxygens (including phenoxy) is 2. The lowest BCUT2D eigenvalue weighted by atomic mass is 9.91. The molecule has 2 aliphatic heterocycles. The van der Waals surface area contributed by atoms with Crippen LogP contribution < -0.4 is 20.1 Å². The summed E-state index contributed by atoms with van der Waals surface area (Å²) in [6.45, 7) is 6.62. The fourth-order valence-corrected chi connectivity index (χ4v) is 2.91. The van der Waals surface area contributed by atoms with Gasteiger partial charge in [0.15, 0.2) is 11.5 Å². The van der Waals surface area contributed by atoms with Crippen molar-refractivity contribution in [3.8, 4) is 11.5 Å². The normalized spacial score (nSPS) is 21.8. The summed E-state index contributed by atoms with van der Waals surface area (Å²) >= 11 is 0. The minimum Gasteiger partial charge on any atom is -0.486 e. The number of hydrogen-bond acceptors (Lipinski definition) is 5. The van der Waals surface area contributed by atoms with Crippen molar-refractivity contribution >= 4 is 17.8 Å². The molecular formula is C18H23N3O5. The van der Waals surface area contributed by atoms with Crippen LogP contribution in [0.25, 0.3) is 0 Å². The minimum atomic E-state index is -1.26. The molecule has 0 radical (unpaired) electrons. The molecule has 4 amide bonds. The van der Waals surface area contributed by atoms with E-state index in [1.807, 2.05) is 13.8 Å². The van der Waals surface area contributed by atoms with Crippen LogP contribution in [-0.4, -0.2) is 49.0 Å². The van der Waals surface area contributed by atoms with E-state index in [0.29, 0.717) is 36.8 Å². The number of rotatable bonds is 5. The number of urea groups is 1. The van der Waals surface area contributed by atoms with E-state index < -0.39 is 17.5 Å². The molecule has 1 atom stereocenters. The van der Waals surface area contributed by atoms with Gasteiger partial charge in [-0.05, 0) is 30.5 Å². The summed E-state index contributed by atoms with van der Waals surface area (Å²) in [5, 5.41) is 5.39. The van der Waals surface area contributed by atoms with Gasteiger partial charge in [0.2, 0.25) is 5.91 Å². The molecular weight excluding hydrogens is 338 g/mol. The number of hydrogen-bond donors (Lipinski definition) is 2. The summed E-state index contributed by atoms with van der Waals surface area (Å²) in [5.74, 6) is 0.577. The van der Waals surface area contributed by atoms with Crippen LogP contribution in [0.5, 0.6) is 11.5 Å². The van der Waals surface area contributed by atoms with E-state index in [9.17, 15) is 14.4 Å². The molecule has 8 nitrogen and oxygen atoms in total. The molecule has 0 unspecified atom stereocenters. The first kappa shape index (κ1) is 18.0. The Balaban J connectivity index is 1.77. The molecule has 0 bridgehead atoms. The van der Waals surface area contributed by atoms with Crippen molar-refractivity contribution < 1.29 is 23.9 Å². The molecule has 2 aliphatic rings. The Morgan fingerprint density at radius 3 is 2.65 bits per heavy atom. The van der Waals surface area contributed by atoms with Crippen molar-refractivity contribution in [2.24, 2.45) is 5.92 Å². The lowest BCUT2D eigenvalue weighted by Gasteiger charge is -2.25. The molecule has 2 N–H and O–H groups in total. The number of carbonyl (C=O) groups is 3. The topological polar surface area (TPSA) is 97.0 Å². The molecule has 0 saturated carbocycles. The largest absolute Gasteiger partial charge is 0.486 e. The minimum absolute atomic E-state index is 0.282. The summed E-state index contributed by atoms with van der Waals surface area (Å²) in [5.41, 5.74) is -0.684. The van der Waals surface area contributed by atoms with E-state index in [1.165, 1.54) is 0 Å². The third-order valence-corrected chi connectivity index (χ3v) is 4.40. The first-order chi connectivity index (χ1) is 12.3. The zero-order valence-electron chi connectivity index (χ0n) is 15.1. The Hall–Kier alpha value is -2.77. The van der Waals surface area contributed by atoms with Crippen molar-refractivity contribution in [2.75, 3.05) is 26.3 Å². The lowest BCUT2D eigenvalue weighted by Crippen LogP contribution is -2.43. The van der Waals surface area contributed by atoms with Gasteiger partial charge >= 0.3 is 6.03 Å². The summed E-state index contributed by atoms with van der Waals surface area (Å²) in [4.78, 5) is 38.1. The predicted octanol–water partition coefficient (Wildman–Crippen LogP) is 0.997.